The van der Waals surface area contributed by atoms with E-state index in [-0.39, 0.29) is 17.9 Å². The Morgan fingerprint density at radius 3 is 2.29 bits per heavy atom. The zero-order valence-corrected chi connectivity index (χ0v) is 16.1. The summed E-state index contributed by atoms with van der Waals surface area (Å²) >= 11 is 5.30. The summed E-state index contributed by atoms with van der Waals surface area (Å²) in [5.74, 6) is 0.243. The summed E-state index contributed by atoms with van der Waals surface area (Å²) in [5, 5.41) is 6.32. The van der Waals surface area contributed by atoms with Gasteiger partial charge in [-0.2, -0.15) is 0 Å². The largest absolute Gasteiger partial charge is 0.465 e. The lowest BCUT2D eigenvalue weighted by molar-refractivity contribution is 0.0599. The third-order valence-electron chi connectivity index (χ3n) is 3.92. The van der Waals surface area contributed by atoms with Crippen LogP contribution < -0.4 is 20.1 Å². The van der Waals surface area contributed by atoms with E-state index in [2.05, 4.69) is 10.6 Å². The number of hydrogen-bond acceptors (Lipinski definition) is 7. The number of carbonyl (C=O) groups excluding carboxylic acids is 2. The minimum Gasteiger partial charge on any atom is -0.465 e. The summed E-state index contributed by atoms with van der Waals surface area (Å²) in [5.41, 5.74) is 1.80. The maximum absolute atomic E-state index is 11.8. The molecule has 0 aliphatic carbocycles. The van der Waals surface area contributed by atoms with Gasteiger partial charge in [0.15, 0.2) is 16.6 Å². The lowest BCUT2D eigenvalue weighted by atomic mass is 10.1. The van der Waals surface area contributed by atoms with Crippen molar-refractivity contribution in [3.8, 4) is 11.5 Å². The molecule has 146 valence electrons. The molecule has 1 heterocycles. The highest BCUT2D eigenvalue weighted by atomic mass is 32.1. The van der Waals surface area contributed by atoms with Gasteiger partial charge in [0.1, 0.15) is 0 Å². The van der Waals surface area contributed by atoms with Crippen LogP contribution in [0.1, 0.15) is 26.3 Å². The van der Waals surface area contributed by atoms with E-state index in [9.17, 15) is 9.59 Å². The second-order valence-electron chi connectivity index (χ2n) is 5.78. The van der Waals surface area contributed by atoms with Crippen molar-refractivity contribution in [3.63, 3.8) is 0 Å². The molecule has 0 aromatic heterocycles. The quantitative estimate of drug-likeness (QED) is 0.578. The molecular weight excluding hydrogens is 384 g/mol. The Morgan fingerprint density at radius 2 is 1.64 bits per heavy atom. The first kappa shape index (κ1) is 19.4. The Labute approximate surface area is 166 Å². The summed E-state index contributed by atoms with van der Waals surface area (Å²) in [6.07, 6.45) is 0. The van der Waals surface area contributed by atoms with Crippen LogP contribution in [0.25, 0.3) is 0 Å². The van der Waals surface area contributed by atoms with Gasteiger partial charge in [0.2, 0.25) is 6.79 Å². The summed E-state index contributed by atoms with van der Waals surface area (Å²) in [7, 11) is 2.52. The first-order valence-electron chi connectivity index (χ1n) is 8.25. The van der Waals surface area contributed by atoms with Gasteiger partial charge in [0.25, 0.3) is 0 Å². The molecule has 2 aromatic rings. The Balaban J connectivity index is 1.68. The molecule has 0 atom stereocenters. The van der Waals surface area contributed by atoms with E-state index >= 15 is 0 Å². The number of thiocarbonyl (C=S) groups is 1. The van der Waals surface area contributed by atoms with Crippen LogP contribution >= 0.6 is 12.2 Å². The molecule has 0 bridgehead atoms. The molecule has 2 aromatic carbocycles. The summed E-state index contributed by atoms with van der Waals surface area (Å²) in [6, 6.07) is 10.1. The molecule has 2 N–H and O–H groups in total. The average molecular weight is 402 g/mol. The highest BCUT2D eigenvalue weighted by molar-refractivity contribution is 7.80. The topological polar surface area (TPSA) is 95.1 Å². The van der Waals surface area contributed by atoms with Gasteiger partial charge in [-0.15, -0.1) is 0 Å². The van der Waals surface area contributed by atoms with E-state index in [1.807, 2.05) is 18.2 Å². The summed E-state index contributed by atoms with van der Waals surface area (Å²) < 4.78 is 20.1. The number of ether oxygens (including phenoxy) is 4. The molecule has 28 heavy (non-hydrogen) atoms. The van der Waals surface area contributed by atoms with E-state index in [1.54, 1.807) is 0 Å². The molecule has 9 heteroatoms. The average Bonchev–Trinajstić information content (AvgIpc) is 3.18. The van der Waals surface area contributed by atoms with Crippen molar-refractivity contribution in [2.24, 2.45) is 0 Å². The van der Waals surface area contributed by atoms with E-state index in [0.29, 0.717) is 28.8 Å². The molecule has 0 unspecified atom stereocenters. The third kappa shape index (κ3) is 4.49. The van der Waals surface area contributed by atoms with E-state index in [1.165, 1.54) is 32.4 Å². The lowest BCUT2D eigenvalue weighted by Gasteiger charge is -2.13. The van der Waals surface area contributed by atoms with Gasteiger partial charge in [0.05, 0.1) is 25.3 Å². The van der Waals surface area contributed by atoms with Crippen LogP contribution in [0.15, 0.2) is 36.4 Å². The van der Waals surface area contributed by atoms with Crippen LogP contribution in [0.5, 0.6) is 11.5 Å². The second kappa shape index (κ2) is 8.57. The summed E-state index contributed by atoms with van der Waals surface area (Å²) in [4.78, 5) is 23.7. The Hall–Kier alpha value is -3.33. The fraction of sp³-hybridized carbons (Fsp3) is 0.211. The van der Waals surface area contributed by atoms with Crippen molar-refractivity contribution in [1.29, 1.82) is 0 Å². The number of anilines is 1. The number of nitrogens with one attached hydrogen (secondary N) is 2. The number of methoxy groups -OCH3 is 2. The SMILES string of the molecule is COC(=O)c1cc(NC(=S)NCc2ccc3c(c2)OCO3)cc(C(=O)OC)c1. The third-order valence-corrected chi connectivity index (χ3v) is 4.17. The normalized spacial score (nSPS) is 11.5. The Morgan fingerprint density at radius 1 is 1.00 bits per heavy atom. The Kier molecular flexibility index (Phi) is 5.95. The van der Waals surface area contributed by atoms with Gasteiger partial charge in [-0.1, -0.05) is 6.07 Å². The van der Waals surface area contributed by atoms with Crippen LogP contribution in [0, 0.1) is 0 Å². The molecule has 0 saturated heterocycles. The molecule has 0 fully saturated rings. The van der Waals surface area contributed by atoms with Gasteiger partial charge in [0, 0.05) is 12.2 Å². The lowest BCUT2D eigenvalue weighted by Crippen LogP contribution is -2.28. The van der Waals surface area contributed by atoms with Crippen LogP contribution in [-0.2, 0) is 16.0 Å². The van der Waals surface area contributed by atoms with Crippen LogP contribution in [0.4, 0.5) is 5.69 Å². The number of benzene rings is 2. The van der Waals surface area contributed by atoms with Crippen molar-refractivity contribution in [2.45, 2.75) is 6.54 Å². The van der Waals surface area contributed by atoms with E-state index in [4.69, 9.17) is 31.2 Å². The Bertz CT molecular complexity index is 896. The number of carbonyl (C=O) groups is 2. The molecule has 3 rings (SSSR count). The first-order valence-corrected chi connectivity index (χ1v) is 8.66. The van der Waals surface area contributed by atoms with E-state index in [0.717, 1.165) is 5.56 Å². The molecule has 0 saturated carbocycles. The number of rotatable bonds is 5. The zero-order chi connectivity index (χ0) is 20.1. The second-order valence-corrected chi connectivity index (χ2v) is 6.19. The van der Waals surface area contributed by atoms with Crippen LogP contribution in [-0.4, -0.2) is 38.1 Å². The minimum atomic E-state index is -0.576. The minimum absolute atomic E-state index is 0.200. The van der Waals surface area contributed by atoms with Gasteiger partial charge in [-0.05, 0) is 48.1 Å². The van der Waals surface area contributed by atoms with Crippen molar-refractivity contribution in [3.05, 3.63) is 53.1 Å². The first-order chi connectivity index (χ1) is 13.5. The highest BCUT2D eigenvalue weighted by Crippen LogP contribution is 2.32. The van der Waals surface area contributed by atoms with E-state index < -0.39 is 11.9 Å². The molecule has 0 amide bonds. The number of esters is 2. The number of fused-ring (bicyclic) bond motifs is 1. The standard InChI is InChI=1S/C19H18N2O6S/c1-24-17(22)12-6-13(18(23)25-2)8-14(7-12)21-19(28)20-9-11-3-4-15-16(5-11)27-10-26-15/h3-8H,9-10H2,1-2H3,(H2,20,21,28). The van der Waals surface area contributed by atoms with Gasteiger partial charge in [-0.25, -0.2) is 9.59 Å². The monoisotopic (exact) mass is 402 g/mol. The van der Waals surface area contributed by atoms with Gasteiger partial charge in [-0.3, -0.25) is 0 Å². The zero-order valence-electron chi connectivity index (χ0n) is 15.2. The molecule has 0 spiro atoms. The molecule has 0 radical (unpaired) electrons. The molecular formula is C19H18N2O6S. The summed E-state index contributed by atoms with van der Waals surface area (Å²) in [6.45, 7) is 0.661. The van der Waals surface area contributed by atoms with Crippen LogP contribution in [0.3, 0.4) is 0 Å². The molecule has 8 nitrogen and oxygen atoms in total. The van der Waals surface area contributed by atoms with Gasteiger partial charge < -0.3 is 29.6 Å². The van der Waals surface area contributed by atoms with Crippen molar-refractivity contribution in [2.75, 3.05) is 26.3 Å². The fourth-order valence-electron chi connectivity index (χ4n) is 2.58. The molecule has 1 aliphatic rings. The van der Waals surface area contributed by atoms with Crippen molar-refractivity contribution >= 4 is 35.0 Å². The fourth-order valence-corrected chi connectivity index (χ4v) is 2.77. The van der Waals surface area contributed by atoms with Crippen molar-refractivity contribution < 1.29 is 28.5 Å². The maximum atomic E-state index is 11.8. The predicted molar refractivity (Wildman–Crippen MR) is 105 cm³/mol. The van der Waals surface area contributed by atoms with Crippen LogP contribution in [0.2, 0.25) is 0 Å². The number of hydrogen-bond donors (Lipinski definition) is 2. The van der Waals surface area contributed by atoms with Gasteiger partial charge >= 0.3 is 11.9 Å². The van der Waals surface area contributed by atoms with Crippen molar-refractivity contribution in [1.82, 2.24) is 5.32 Å². The highest BCUT2D eigenvalue weighted by Gasteiger charge is 2.15. The molecule has 1 aliphatic heterocycles. The smallest absolute Gasteiger partial charge is 0.337 e. The maximum Gasteiger partial charge on any atom is 0.337 e. The predicted octanol–water partition coefficient (Wildman–Crippen LogP) is 2.48.